The van der Waals surface area contributed by atoms with Crippen molar-refractivity contribution in [3.05, 3.63) is 65.5 Å². The third-order valence-electron chi connectivity index (χ3n) is 3.52. The smallest absolute Gasteiger partial charge is 0.340 e. The highest BCUT2D eigenvalue weighted by Crippen LogP contribution is 2.16. The molecule has 2 aromatic carbocycles. The number of nitrogens with one attached hydrogen (secondary N) is 2. The highest BCUT2D eigenvalue weighted by molar-refractivity contribution is 5.95. The van der Waals surface area contributed by atoms with E-state index in [1.807, 2.05) is 0 Å². The molecule has 0 aliphatic carbocycles. The van der Waals surface area contributed by atoms with Gasteiger partial charge >= 0.3 is 5.97 Å². The number of carbonyl (C=O) groups excluding carboxylic acids is 2. The number of hydrogen-bond donors (Lipinski definition) is 2. The molecule has 0 saturated carbocycles. The van der Waals surface area contributed by atoms with E-state index in [1.54, 1.807) is 49.4 Å². The van der Waals surface area contributed by atoms with E-state index in [0.717, 1.165) is 0 Å². The molecule has 0 saturated heterocycles. The Morgan fingerprint density at radius 1 is 1.08 bits per heavy atom. The van der Waals surface area contributed by atoms with Crippen molar-refractivity contribution in [2.45, 2.75) is 19.9 Å². The number of esters is 1. The van der Waals surface area contributed by atoms with E-state index < -0.39 is 5.97 Å². The fourth-order valence-corrected chi connectivity index (χ4v) is 2.26. The Morgan fingerprint density at radius 3 is 2.56 bits per heavy atom. The Hall–Kier alpha value is -2.89. The molecule has 2 aromatic rings. The predicted molar refractivity (Wildman–Crippen MR) is 93.8 cm³/mol. The number of hydrogen-bond acceptors (Lipinski definition) is 4. The van der Waals surface area contributed by atoms with Gasteiger partial charge in [0, 0.05) is 30.8 Å². The van der Waals surface area contributed by atoms with E-state index in [4.69, 9.17) is 4.74 Å². The first-order chi connectivity index (χ1) is 12.1. The summed E-state index contributed by atoms with van der Waals surface area (Å²) in [6.45, 7) is 2.53. The van der Waals surface area contributed by atoms with Crippen LogP contribution in [-0.4, -0.2) is 25.0 Å². The minimum atomic E-state index is -0.408. The van der Waals surface area contributed by atoms with Crippen LogP contribution in [0.5, 0.6) is 0 Å². The summed E-state index contributed by atoms with van der Waals surface area (Å²) in [5.41, 5.74) is 1.48. The van der Waals surface area contributed by atoms with Gasteiger partial charge in [-0.05, 0) is 25.1 Å². The Bertz CT molecular complexity index is 734. The van der Waals surface area contributed by atoms with E-state index >= 15 is 0 Å². The summed E-state index contributed by atoms with van der Waals surface area (Å²) >= 11 is 0. The van der Waals surface area contributed by atoms with Crippen LogP contribution in [-0.2, 0) is 16.1 Å². The standard InChI is InChI=1S/C19H21FN2O3/c1-2-25-19(24)15-8-4-6-10-17(15)21-12-11-18(23)22-13-14-7-3-5-9-16(14)20/h3-10,21H,2,11-13H2,1H3,(H,22,23). The van der Waals surface area contributed by atoms with E-state index in [2.05, 4.69) is 10.6 Å². The normalized spacial score (nSPS) is 10.2. The fraction of sp³-hybridized carbons (Fsp3) is 0.263. The summed E-state index contributed by atoms with van der Waals surface area (Å²) < 4.78 is 18.5. The minimum Gasteiger partial charge on any atom is -0.462 e. The van der Waals surface area contributed by atoms with Crippen LogP contribution in [0, 0.1) is 5.82 Å². The summed E-state index contributed by atoms with van der Waals surface area (Å²) in [6, 6.07) is 13.3. The lowest BCUT2D eigenvalue weighted by atomic mass is 10.1. The largest absolute Gasteiger partial charge is 0.462 e. The minimum absolute atomic E-state index is 0.144. The highest BCUT2D eigenvalue weighted by atomic mass is 19.1. The van der Waals surface area contributed by atoms with Gasteiger partial charge in [-0.2, -0.15) is 0 Å². The van der Waals surface area contributed by atoms with Crippen LogP contribution in [0.3, 0.4) is 0 Å². The van der Waals surface area contributed by atoms with Crippen LogP contribution in [0.2, 0.25) is 0 Å². The number of para-hydroxylation sites is 1. The zero-order valence-electron chi connectivity index (χ0n) is 14.0. The number of anilines is 1. The Kier molecular flexibility index (Phi) is 6.95. The van der Waals surface area contributed by atoms with Crippen molar-refractivity contribution in [3.63, 3.8) is 0 Å². The van der Waals surface area contributed by atoms with Crippen molar-refractivity contribution in [3.8, 4) is 0 Å². The van der Waals surface area contributed by atoms with Gasteiger partial charge in [-0.15, -0.1) is 0 Å². The molecule has 0 heterocycles. The lowest BCUT2D eigenvalue weighted by Gasteiger charge is -2.11. The van der Waals surface area contributed by atoms with Gasteiger partial charge in [0.1, 0.15) is 5.82 Å². The molecule has 0 bridgehead atoms. The molecule has 0 atom stereocenters. The SMILES string of the molecule is CCOC(=O)c1ccccc1NCCC(=O)NCc1ccccc1F. The molecule has 6 heteroatoms. The molecule has 0 fully saturated rings. The first kappa shape index (κ1) is 18.4. The van der Waals surface area contributed by atoms with Crippen LogP contribution in [0.4, 0.5) is 10.1 Å². The zero-order chi connectivity index (χ0) is 18.1. The quantitative estimate of drug-likeness (QED) is 0.722. The van der Waals surface area contributed by atoms with Gasteiger partial charge in [0.15, 0.2) is 0 Å². The molecule has 0 spiro atoms. The summed E-state index contributed by atoms with van der Waals surface area (Å²) in [4.78, 5) is 23.8. The van der Waals surface area contributed by atoms with E-state index in [0.29, 0.717) is 30.0 Å². The zero-order valence-corrected chi connectivity index (χ0v) is 14.0. The Balaban J connectivity index is 1.81. The fourth-order valence-electron chi connectivity index (χ4n) is 2.26. The molecule has 5 nitrogen and oxygen atoms in total. The van der Waals surface area contributed by atoms with Crippen LogP contribution >= 0.6 is 0 Å². The molecule has 2 rings (SSSR count). The van der Waals surface area contributed by atoms with Crippen molar-refractivity contribution in [1.29, 1.82) is 0 Å². The maximum atomic E-state index is 13.5. The van der Waals surface area contributed by atoms with Crippen molar-refractivity contribution < 1.29 is 18.7 Å². The predicted octanol–water partition coefficient (Wildman–Crippen LogP) is 3.12. The molecule has 1 amide bonds. The van der Waals surface area contributed by atoms with Gasteiger partial charge in [-0.1, -0.05) is 30.3 Å². The second-order valence-electron chi connectivity index (χ2n) is 5.31. The molecule has 2 N–H and O–H groups in total. The highest BCUT2D eigenvalue weighted by Gasteiger charge is 2.12. The Morgan fingerprint density at radius 2 is 1.80 bits per heavy atom. The first-order valence-electron chi connectivity index (χ1n) is 8.12. The van der Waals surface area contributed by atoms with Crippen molar-refractivity contribution >= 4 is 17.6 Å². The van der Waals surface area contributed by atoms with Crippen molar-refractivity contribution in [1.82, 2.24) is 5.32 Å². The number of benzene rings is 2. The third-order valence-corrected chi connectivity index (χ3v) is 3.52. The average molecular weight is 344 g/mol. The van der Waals surface area contributed by atoms with Crippen LogP contribution in [0.1, 0.15) is 29.3 Å². The van der Waals surface area contributed by atoms with Crippen LogP contribution in [0.15, 0.2) is 48.5 Å². The molecule has 0 aliphatic heterocycles. The molecule has 132 valence electrons. The van der Waals surface area contributed by atoms with E-state index in [9.17, 15) is 14.0 Å². The molecular formula is C19H21FN2O3. The van der Waals surface area contributed by atoms with Gasteiger partial charge in [0.05, 0.1) is 12.2 Å². The number of rotatable bonds is 8. The van der Waals surface area contributed by atoms with Gasteiger partial charge in [0.25, 0.3) is 0 Å². The van der Waals surface area contributed by atoms with Crippen molar-refractivity contribution in [2.75, 3.05) is 18.5 Å². The number of halogens is 1. The number of amides is 1. The monoisotopic (exact) mass is 344 g/mol. The van der Waals surface area contributed by atoms with Gasteiger partial charge in [-0.25, -0.2) is 9.18 Å². The van der Waals surface area contributed by atoms with Gasteiger partial charge in [0.2, 0.25) is 5.91 Å². The molecule has 0 radical (unpaired) electrons. The third kappa shape index (κ3) is 5.60. The van der Waals surface area contributed by atoms with Crippen molar-refractivity contribution in [2.24, 2.45) is 0 Å². The summed E-state index contributed by atoms with van der Waals surface area (Å²) in [5.74, 6) is -0.955. The molecule has 25 heavy (non-hydrogen) atoms. The second-order valence-corrected chi connectivity index (χ2v) is 5.31. The maximum Gasteiger partial charge on any atom is 0.340 e. The summed E-state index contributed by atoms with van der Waals surface area (Å²) in [5, 5.41) is 5.73. The van der Waals surface area contributed by atoms with Gasteiger partial charge < -0.3 is 15.4 Å². The lowest BCUT2D eigenvalue weighted by molar-refractivity contribution is -0.121. The topological polar surface area (TPSA) is 67.4 Å². The molecule has 0 unspecified atom stereocenters. The summed E-state index contributed by atoms with van der Waals surface area (Å²) in [6.07, 6.45) is 0.200. The van der Waals surface area contributed by atoms with E-state index in [-0.39, 0.29) is 24.7 Å². The maximum absolute atomic E-state index is 13.5. The molecular weight excluding hydrogens is 323 g/mol. The Labute approximate surface area is 146 Å². The number of ether oxygens (including phenoxy) is 1. The molecule has 0 aromatic heterocycles. The van der Waals surface area contributed by atoms with Gasteiger partial charge in [-0.3, -0.25) is 4.79 Å². The summed E-state index contributed by atoms with van der Waals surface area (Å²) in [7, 11) is 0. The average Bonchev–Trinajstić information content (AvgIpc) is 2.61. The second kappa shape index (κ2) is 9.42. The lowest BCUT2D eigenvalue weighted by Crippen LogP contribution is -2.25. The number of carbonyl (C=O) groups is 2. The van der Waals surface area contributed by atoms with Crippen LogP contribution < -0.4 is 10.6 Å². The van der Waals surface area contributed by atoms with E-state index in [1.165, 1.54) is 6.07 Å². The molecule has 0 aliphatic rings. The first-order valence-corrected chi connectivity index (χ1v) is 8.12. The van der Waals surface area contributed by atoms with Crippen LogP contribution in [0.25, 0.3) is 0 Å².